The Labute approximate surface area is 123 Å². The molecule has 110 valence electrons. The van der Waals surface area contributed by atoms with Crippen molar-refractivity contribution >= 4 is 6.41 Å². The lowest BCUT2D eigenvalue weighted by Crippen LogP contribution is -2.34. The van der Waals surface area contributed by atoms with Crippen LogP contribution in [-0.4, -0.2) is 46.2 Å². The molecule has 0 unspecified atom stereocenters. The molecule has 0 spiro atoms. The zero-order valence-corrected chi connectivity index (χ0v) is 11.7. The van der Waals surface area contributed by atoms with Crippen molar-refractivity contribution < 1.29 is 9.53 Å². The summed E-state index contributed by atoms with van der Waals surface area (Å²) in [6.07, 6.45) is 6.36. The van der Waals surface area contributed by atoms with Crippen molar-refractivity contribution in [3.63, 3.8) is 0 Å². The highest BCUT2D eigenvalue weighted by Gasteiger charge is 2.18. The Morgan fingerprint density at radius 1 is 1.33 bits per heavy atom. The third-order valence-electron chi connectivity index (χ3n) is 3.80. The van der Waals surface area contributed by atoms with E-state index in [1.54, 1.807) is 12.4 Å². The number of aromatic nitrogens is 3. The highest BCUT2D eigenvalue weighted by atomic mass is 16.5. The molecule has 1 fully saturated rings. The van der Waals surface area contributed by atoms with Gasteiger partial charge in [-0.3, -0.25) is 14.9 Å². The van der Waals surface area contributed by atoms with Gasteiger partial charge in [0, 0.05) is 19.3 Å². The molecule has 3 heterocycles. The van der Waals surface area contributed by atoms with E-state index in [1.807, 2.05) is 23.1 Å². The zero-order valence-electron chi connectivity index (χ0n) is 11.7. The first-order valence-corrected chi connectivity index (χ1v) is 7.13. The second-order valence-corrected chi connectivity index (χ2v) is 5.25. The summed E-state index contributed by atoms with van der Waals surface area (Å²) >= 11 is 0. The summed E-state index contributed by atoms with van der Waals surface area (Å²) in [4.78, 5) is 16.8. The molecular formula is C15H18N4O2. The summed E-state index contributed by atoms with van der Waals surface area (Å²) in [5, 5.41) is 6.79. The number of pyridine rings is 1. The Hall–Kier alpha value is -2.37. The summed E-state index contributed by atoms with van der Waals surface area (Å²) < 4.78 is 5.79. The molecule has 2 aromatic rings. The smallest absolute Gasteiger partial charge is 0.209 e. The molecule has 0 atom stereocenters. The number of amides is 1. The van der Waals surface area contributed by atoms with Crippen LogP contribution in [0.4, 0.5) is 0 Å². The van der Waals surface area contributed by atoms with Crippen LogP contribution < -0.4 is 4.74 Å². The number of H-pyrrole nitrogens is 1. The van der Waals surface area contributed by atoms with Crippen LogP contribution in [0.3, 0.4) is 0 Å². The maximum absolute atomic E-state index is 10.7. The van der Waals surface area contributed by atoms with Gasteiger partial charge < -0.3 is 9.64 Å². The minimum absolute atomic E-state index is 0.508. The summed E-state index contributed by atoms with van der Waals surface area (Å²) in [6.45, 7) is 2.33. The summed E-state index contributed by atoms with van der Waals surface area (Å²) in [6, 6.07) is 5.71. The molecule has 1 N–H and O–H groups in total. The van der Waals surface area contributed by atoms with E-state index in [0.29, 0.717) is 12.5 Å². The number of hydrogen-bond donors (Lipinski definition) is 1. The molecule has 21 heavy (non-hydrogen) atoms. The molecule has 3 rings (SSSR count). The zero-order chi connectivity index (χ0) is 14.5. The first-order chi connectivity index (χ1) is 10.3. The first kappa shape index (κ1) is 13.6. The van der Waals surface area contributed by atoms with Crippen molar-refractivity contribution in [3.05, 3.63) is 30.6 Å². The van der Waals surface area contributed by atoms with E-state index in [0.717, 1.165) is 49.5 Å². The molecule has 2 aromatic heterocycles. The molecule has 1 aliphatic rings. The maximum atomic E-state index is 10.7. The Kier molecular flexibility index (Phi) is 4.14. The molecule has 6 heteroatoms. The number of nitrogens with one attached hydrogen (secondary N) is 1. The van der Waals surface area contributed by atoms with Gasteiger partial charge in [0.15, 0.2) is 0 Å². The lowest BCUT2D eigenvalue weighted by Gasteiger charge is -2.28. The molecule has 0 radical (unpaired) electrons. The van der Waals surface area contributed by atoms with Crippen LogP contribution in [0.1, 0.15) is 12.8 Å². The number of hydrogen-bond acceptors (Lipinski definition) is 4. The maximum Gasteiger partial charge on any atom is 0.209 e. The molecule has 1 saturated heterocycles. The second-order valence-electron chi connectivity index (χ2n) is 5.25. The number of nitrogens with zero attached hydrogens (tertiary/aromatic N) is 3. The monoisotopic (exact) mass is 286 g/mol. The molecular weight excluding hydrogens is 268 g/mol. The Bertz CT molecular complexity index is 560. The Morgan fingerprint density at radius 2 is 2.19 bits per heavy atom. The van der Waals surface area contributed by atoms with Crippen LogP contribution in [0.5, 0.6) is 5.75 Å². The van der Waals surface area contributed by atoms with Crippen LogP contribution in [0, 0.1) is 5.92 Å². The number of likely N-dealkylation sites (tertiary alicyclic amines) is 1. The lowest BCUT2D eigenvalue weighted by molar-refractivity contribution is -0.119. The predicted octanol–water partition coefficient (Wildman–Crippen LogP) is 1.72. The topological polar surface area (TPSA) is 71.1 Å². The third-order valence-corrected chi connectivity index (χ3v) is 3.80. The van der Waals surface area contributed by atoms with Crippen LogP contribution in [0.2, 0.25) is 0 Å². The molecule has 0 aromatic carbocycles. The van der Waals surface area contributed by atoms with Gasteiger partial charge in [-0.1, -0.05) is 0 Å². The van der Waals surface area contributed by atoms with Crippen LogP contribution in [-0.2, 0) is 4.79 Å². The average molecular weight is 286 g/mol. The van der Waals surface area contributed by atoms with Gasteiger partial charge in [0.05, 0.1) is 24.2 Å². The van der Waals surface area contributed by atoms with Crippen LogP contribution >= 0.6 is 0 Å². The minimum atomic E-state index is 0.508. The quantitative estimate of drug-likeness (QED) is 0.850. The fourth-order valence-electron chi connectivity index (χ4n) is 2.46. The number of rotatable bonds is 5. The van der Waals surface area contributed by atoms with Crippen molar-refractivity contribution in [1.82, 2.24) is 20.1 Å². The fraction of sp³-hybridized carbons (Fsp3) is 0.400. The van der Waals surface area contributed by atoms with Crippen molar-refractivity contribution in [1.29, 1.82) is 0 Å². The Morgan fingerprint density at radius 3 is 2.81 bits per heavy atom. The van der Waals surface area contributed by atoms with E-state index in [-0.39, 0.29) is 0 Å². The highest BCUT2D eigenvalue weighted by molar-refractivity contribution is 5.53. The standard InChI is InChI=1S/C15H18N4O2/c20-11-19-7-4-12(5-8-19)10-21-13-1-2-14(16-9-13)15-3-6-17-18-15/h1-3,6,9,11-12H,4-5,7-8,10H2,(H,17,18). The van der Waals surface area contributed by atoms with Gasteiger partial charge in [0.2, 0.25) is 6.41 Å². The van der Waals surface area contributed by atoms with E-state index in [1.165, 1.54) is 0 Å². The molecule has 1 aliphatic heterocycles. The second kappa shape index (κ2) is 6.39. The Balaban J connectivity index is 1.51. The van der Waals surface area contributed by atoms with Gasteiger partial charge in [-0.2, -0.15) is 5.10 Å². The van der Waals surface area contributed by atoms with Gasteiger partial charge in [-0.25, -0.2) is 0 Å². The average Bonchev–Trinajstić information content (AvgIpc) is 3.08. The van der Waals surface area contributed by atoms with Crippen LogP contribution in [0.25, 0.3) is 11.4 Å². The van der Waals surface area contributed by atoms with E-state index < -0.39 is 0 Å². The predicted molar refractivity (Wildman–Crippen MR) is 77.7 cm³/mol. The third kappa shape index (κ3) is 3.39. The van der Waals surface area contributed by atoms with E-state index >= 15 is 0 Å². The van der Waals surface area contributed by atoms with Gasteiger partial charge in [0.1, 0.15) is 5.75 Å². The fourth-order valence-corrected chi connectivity index (χ4v) is 2.46. The molecule has 0 saturated carbocycles. The van der Waals surface area contributed by atoms with Gasteiger partial charge in [-0.05, 0) is 37.0 Å². The molecule has 0 aliphatic carbocycles. The number of ether oxygens (including phenoxy) is 1. The number of carbonyl (C=O) groups is 1. The molecule has 0 bridgehead atoms. The normalized spacial score (nSPS) is 15.9. The van der Waals surface area contributed by atoms with E-state index in [2.05, 4.69) is 15.2 Å². The van der Waals surface area contributed by atoms with Crippen LogP contribution in [0.15, 0.2) is 30.6 Å². The molecule has 6 nitrogen and oxygen atoms in total. The lowest BCUT2D eigenvalue weighted by atomic mass is 9.98. The van der Waals surface area contributed by atoms with E-state index in [9.17, 15) is 4.79 Å². The largest absolute Gasteiger partial charge is 0.492 e. The van der Waals surface area contributed by atoms with E-state index in [4.69, 9.17) is 4.74 Å². The van der Waals surface area contributed by atoms with Gasteiger partial charge in [0.25, 0.3) is 0 Å². The summed E-state index contributed by atoms with van der Waals surface area (Å²) in [5.41, 5.74) is 1.74. The van der Waals surface area contributed by atoms with Crippen molar-refractivity contribution in [2.45, 2.75) is 12.8 Å². The van der Waals surface area contributed by atoms with Crippen molar-refractivity contribution in [3.8, 4) is 17.1 Å². The SMILES string of the molecule is O=CN1CCC(COc2ccc(-c3ccn[nH]3)nc2)CC1. The van der Waals surface area contributed by atoms with Crippen molar-refractivity contribution in [2.75, 3.05) is 19.7 Å². The van der Waals surface area contributed by atoms with Crippen molar-refractivity contribution in [2.24, 2.45) is 5.92 Å². The summed E-state index contributed by atoms with van der Waals surface area (Å²) in [5.74, 6) is 1.28. The number of carbonyl (C=O) groups excluding carboxylic acids is 1. The first-order valence-electron chi connectivity index (χ1n) is 7.13. The van der Waals surface area contributed by atoms with Gasteiger partial charge in [-0.15, -0.1) is 0 Å². The highest BCUT2D eigenvalue weighted by Crippen LogP contribution is 2.20. The summed E-state index contributed by atoms with van der Waals surface area (Å²) in [7, 11) is 0. The molecule has 1 amide bonds. The number of aromatic amines is 1. The van der Waals surface area contributed by atoms with Gasteiger partial charge >= 0.3 is 0 Å². The number of piperidine rings is 1. The minimum Gasteiger partial charge on any atom is -0.492 e.